The minimum absolute atomic E-state index is 0.138. The number of benzene rings is 3. The number of aromatic amines is 1. The van der Waals surface area contributed by atoms with Crippen molar-refractivity contribution in [3.63, 3.8) is 0 Å². The number of nitrogens with zero attached hydrogens (tertiary/aromatic N) is 5. The van der Waals surface area contributed by atoms with Crippen LogP contribution in [0.1, 0.15) is 41.0 Å². The predicted molar refractivity (Wildman–Crippen MR) is 137 cm³/mol. The summed E-state index contributed by atoms with van der Waals surface area (Å²) in [6, 6.07) is 28.0. The lowest BCUT2D eigenvalue weighted by Gasteiger charge is -2.27. The van der Waals surface area contributed by atoms with E-state index in [4.69, 9.17) is 0 Å². The zero-order chi connectivity index (χ0) is 24.2. The van der Waals surface area contributed by atoms with Crippen LogP contribution in [0.15, 0.2) is 89.7 Å². The normalized spacial score (nSPS) is 12.3. The molecular formula is C28H28N6O. The molecule has 1 unspecified atom stereocenters. The van der Waals surface area contributed by atoms with Gasteiger partial charge in [-0.3, -0.25) is 9.69 Å². The maximum absolute atomic E-state index is 13.4. The van der Waals surface area contributed by atoms with Crippen molar-refractivity contribution < 1.29 is 0 Å². The SMILES string of the molecule is CCc1ccc2[nH]c(=O)c(C(c3nnnn3Cc3ccccc3)N(C)Cc3ccccc3)cc2c1. The van der Waals surface area contributed by atoms with E-state index in [1.54, 1.807) is 4.68 Å². The van der Waals surface area contributed by atoms with Crippen LogP contribution in [0.3, 0.4) is 0 Å². The Morgan fingerprint density at radius 2 is 1.63 bits per heavy atom. The number of rotatable bonds is 8. The quantitative estimate of drug-likeness (QED) is 0.369. The second-order valence-corrected chi connectivity index (χ2v) is 8.81. The van der Waals surface area contributed by atoms with Gasteiger partial charge in [0.05, 0.1) is 6.54 Å². The van der Waals surface area contributed by atoms with Crippen LogP contribution in [0.2, 0.25) is 0 Å². The third-order valence-electron chi connectivity index (χ3n) is 6.34. The molecule has 0 radical (unpaired) electrons. The number of hydrogen-bond acceptors (Lipinski definition) is 5. The topological polar surface area (TPSA) is 79.7 Å². The zero-order valence-electron chi connectivity index (χ0n) is 19.9. The molecule has 0 saturated heterocycles. The Bertz CT molecular complexity index is 1480. The summed E-state index contributed by atoms with van der Waals surface area (Å²) in [6.45, 7) is 3.28. The highest BCUT2D eigenvalue weighted by Gasteiger charge is 2.28. The van der Waals surface area contributed by atoms with E-state index in [1.807, 2.05) is 67.7 Å². The van der Waals surface area contributed by atoms with Crippen molar-refractivity contribution in [2.45, 2.75) is 32.5 Å². The zero-order valence-corrected chi connectivity index (χ0v) is 19.9. The van der Waals surface area contributed by atoms with Crippen LogP contribution < -0.4 is 5.56 Å². The first-order chi connectivity index (χ1) is 17.1. The first kappa shape index (κ1) is 22.7. The summed E-state index contributed by atoms with van der Waals surface area (Å²) < 4.78 is 1.79. The number of fused-ring (bicyclic) bond motifs is 1. The van der Waals surface area contributed by atoms with Gasteiger partial charge in [0.25, 0.3) is 5.56 Å². The largest absolute Gasteiger partial charge is 0.322 e. The fraction of sp³-hybridized carbons (Fsp3) is 0.214. The van der Waals surface area contributed by atoms with E-state index in [1.165, 1.54) is 5.56 Å². The van der Waals surface area contributed by atoms with Gasteiger partial charge in [-0.05, 0) is 64.2 Å². The minimum atomic E-state index is -0.438. The molecule has 0 spiro atoms. The molecule has 0 aliphatic rings. The van der Waals surface area contributed by atoms with E-state index in [-0.39, 0.29) is 5.56 Å². The van der Waals surface area contributed by atoms with Crippen LogP contribution in [0.4, 0.5) is 0 Å². The molecule has 0 saturated carbocycles. The lowest BCUT2D eigenvalue weighted by atomic mass is 10.0. The summed E-state index contributed by atoms with van der Waals surface area (Å²) in [5.74, 6) is 0.629. The molecule has 0 aliphatic heterocycles. The summed E-state index contributed by atoms with van der Waals surface area (Å²) in [5.41, 5.74) is 4.76. The van der Waals surface area contributed by atoms with Crippen molar-refractivity contribution in [1.82, 2.24) is 30.1 Å². The van der Waals surface area contributed by atoms with E-state index in [0.717, 1.165) is 28.5 Å². The van der Waals surface area contributed by atoms with E-state index >= 15 is 0 Å². The summed E-state index contributed by atoms with van der Waals surface area (Å²) >= 11 is 0. The van der Waals surface area contributed by atoms with Gasteiger partial charge in [-0.25, -0.2) is 4.68 Å². The van der Waals surface area contributed by atoms with E-state index in [9.17, 15) is 4.79 Å². The number of hydrogen-bond donors (Lipinski definition) is 1. The van der Waals surface area contributed by atoms with Crippen molar-refractivity contribution in [1.29, 1.82) is 0 Å². The van der Waals surface area contributed by atoms with Crippen LogP contribution in [0.5, 0.6) is 0 Å². The van der Waals surface area contributed by atoms with Gasteiger partial charge >= 0.3 is 0 Å². The average Bonchev–Trinajstić information content (AvgIpc) is 3.33. The van der Waals surface area contributed by atoms with E-state index in [2.05, 4.69) is 56.6 Å². The van der Waals surface area contributed by atoms with Crippen LogP contribution in [0, 0.1) is 0 Å². The highest BCUT2D eigenvalue weighted by Crippen LogP contribution is 2.27. The molecule has 0 bridgehead atoms. The highest BCUT2D eigenvalue weighted by molar-refractivity contribution is 5.80. The Morgan fingerprint density at radius 1 is 0.914 bits per heavy atom. The second-order valence-electron chi connectivity index (χ2n) is 8.81. The van der Waals surface area contributed by atoms with Crippen LogP contribution in [-0.2, 0) is 19.5 Å². The van der Waals surface area contributed by atoms with Crippen molar-refractivity contribution in [3.05, 3.63) is 123 Å². The number of aromatic nitrogens is 5. The van der Waals surface area contributed by atoms with Crippen LogP contribution in [-0.4, -0.2) is 37.1 Å². The molecule has 2 aromatic heterocycles. The molecule has 0 fully saturated rings. The molecule has 3 aromatic carbocycles. The number of tetrazole rings is 1. The molecule has 35 heavy (non-hydrogen) atoms. The molecular weight excluding hydrogens is 436 g/mol. The average molecular weight is 465 g/mol. The maximum Gasteiger partial charge on any atom is 0.253 e. The third kappa shape index (κ3) is 4.90. The van der Waals surface area contributed by atoms with Gasteiger partial charge in [0.15, 0.2) is 5.82 Å². The molecule has 1 atom stereocenters. The van der Waals surface area contributed by atoms with Crippen molar-refractivity contribution in [2.75, 3.05) is 7.05 Å². The fourth-order valence-electron chi connectivity index (χ4n) is 4.51. The van der Waals surface area contributed by atoms with Gasteiger partial charge in [-0.1, -0.05) is 73.7 Å². The standard InChI is InChI=1S/C28H28N6O/c1-3-20-14-15-25-23(16-20)17-24(28(35)29-25)26(33(2)18-21-10-6-4-7-11-21)27-30-31-32-34(27)19-22-12-8-5-9-13-22/h4-17,26H,3,18-19H2,1-2H3,(H,29,35). The Balaban J connectivity index is 1.62. The number of nitrogens with one attached hydrogen (secondary N) is 1. The molecule has 7 nitrogen and oxygen atoms in total. The lowest BCUT2D eigenvalue weighted by molar-refractivity contribution is 0.253. The first-order valence-corrected chi connectivity index (χ1v) is 11.8. The predicted octanol–water partition coefficient (Wildman–Crippen LogP) is 4.35. The Labute approximate surface area is 204 Å². The smallest absolute Gasteiger partial charge is 0.253 e. The monoisotopic (exact) mass is 464 g/mol. The van der Waals surface area contributed by atoms with Gasteiger partial charge in [-0.15, -0.1) is 5.10 Å². The molecule has 5 rings (SSSR count). The Hall–Kier alpha value is -4.10. The molecule has 2 heterocycles. The number of pyridine rings is 1. The first-order valence-electron chi connectivity index (χ1n) is 11.8. The number of H-pyrrole nitrogens is 1. The summed E-state index contributed by atoms with van der Waals surface area (Å²) in [7, 11) is 2.01. The Morgan fingerprint density at radius 3 is 2.34 bits per heavy atom. The molecule has 5 aromatic rings. The molecule has 0 amide bonds. The summed E-state index contributed by atoms with van der Waals surface area (Å²) in [4.78, 5) is 18.6. The highest BCUT2D eigenvalue weighted by atomic mass is 16.1. The van der Waals surface area contributed by atoms with Gasteiger partial charge < -0.3 is 4.98 Å². The van der Waals surface area contributed by atoms with Crippen LogP contribution in [0.25, 0.3) is 10.9 Å². The van der Waals surface area contributed by atoms with Crippen molar-refractivity contribution in [2.24, 2.45) is 0 Å². The van der Waals surface area contributed by atoms with E-state index < -0.39 is 6.04 Å². The van der Waals surface area contributed by atoms with Crippen LogP contribution >= 0.6 is 0 Å². The Kier molecular flexibility index (Phi) is 6.50. The summed E-state index contributed by atoms with van der Waals surface area (Å²) in [6.07, 6.45) is 0.928. The summed E-state index contributed by atoms with van der Waals surface area (Å²) in [5, 5.41) is 13.7. The molecule has 176 valence electrons. The van der Waals surface area contributed by atoms with Gasteiger partial charge in [0.1, 0.15) is 6.04 Å². The number of aryl methyl sites for hydroxylation is 1. The fourth-order valence-corrected chi connectivity index (χ4v) is 4.51. The third-order valence-corrected chi connectivity index (χ3v) is 6.34. The molecule has 1 N–H and O–H groups in total. The van der Waals surface area contributed by atoms with E-state index in [0.29, 0.717) is 24.5 Å². The lowest BCUT2D eigenvalue weighted by Crippen LogP contribution is -2.32. The van der Waals surface area contributed by atoms with Crippen molar-refractivity contribution >= 4 is 10.9 Å². The van der Waals surface area contributed by atoms with Crippen molar-refractivity contribution in [3.8, 4) is 0 Å². The van der Waals surface area contributed by atoms with Gasteiger partial charge in [-0.2, -0.15) is 0 Å². The maximum atomic E-state index is 13.4. The second kappa shape index (κ2) is 10.0. The molecule has 0 aliphatic carbocycles. The minimum Gasteiger partial charge on any atom is -0.322 e. The van der Waals surface area contributed by atoms with Gasteiger partial charge in [0, 0.05) is 17.6 Å². The molecule has 7 heteroatoms. The van der Waals surface area contributed by atoms with Gasteiger partial charge in [0.2, 0.25) is 0 Å².